The number of alkyl halides is 3. The highest BCUT2D eigenvalue weighted by Crippen LogP contribution is 2.60. The first-order chi connectivity index (χ1) is 14.5. The number of hydrogen-bond donors (Lipinski definition) is 2. The summed E-state index contributed by atoms with van der Waals surface area (Å²) >= 11 is 17.0. The normalized spacial score (nSPS) is 23.2. The van der Waals surface area contributed by atoms with Crippen LogP contribution in [0.1, 0.15) is 25.7 Å². The van der Waals surface area contributed by atoms with Crippen molar-refractivity contribution in [2.45, 2.75) is 29.1 Å². The molecule has 1 aliphatic rings. The standard InChI is InChI=1S/C18H21Cl2I3N2O6/c19-8-12(26)30-5-1-3-17(16(25)29)11(22)7-10(21)14(15(24)28)18(17,23)4-2-6-31-13(27)9-20/h7H,1-6,8-9H2,(H2,24,28)(H2,25,29). The minimum atomic E-state index is -1.28. The number of allylic oxidation sites excluding steroid dienone is 2. The highest BCUT2D eigenvalue weighted by molar-refractivity contribution is 14.1. The summed E-state index contributed by atoms with van der Waals surface area (Å²) in [4.78, 5) is 48.0. The van der Waals surface area contributed by atoms with Gasteiger partial charge < -0.3 is 20.9 Å². The number of esters is 2. The zero-order chi connectivity index (χ0) is 23.8. The number of ether oxygens (including phenoxy) is 2. The van der Waals surface area contributed by atoms with Crippen LogP contribution in [0.25, 0.3) is 0 Å². The number of carbonyl (C=O) groups excluding carboxylic acids is 4. The lowest BCUT2D eigenvalue weighted by atomic mass is 9.64. The predicted molar refractivity (Wildman–Crippen MR) is 143 cm³/mol. The van der Waals surface area contributed by atoms with Crippen molar-refractivity contribution >= 4 is 115 Å². The van der Waals surface area contributed by atoms with Gasteiger partial charge in [0.05, 0.1) is 22.1 Å². The SMILES string of the molecule is NC(=O)C1=C(I)C=C(I)C(CCCOC(=O)CCl)(C(N)=O)C1(I)CCCOC(=O)CCl. The minimum absolute atomic E-state index is 0.0390. The Hall–Kier alpha value is 0.130. The lowest BCUT2D eigenvalue weighted by Crippen LogP contribution is -2.57. The zero-order valence-corrected chi connectivity index (χ0v) is 24.2. The molecule has 8 nitrogen and oxygen atoms in total. The molecule has 4 N–H and O–H groups in total. The van der Waals surface area contributed by atoms with Gasteiger partial charge in [0.15, 0.2) is 0 Å². The van der Waals surface area contributed by atoms with Gasteiger partial charge in [-0.25, -0.2) is 0 Å². The van der Waals surface area contributed by atoms with E-state index in [0.29, 0.717) is 20.0 Å². The lowest BCUT2D eigenvalue weighted by Gasteiger charge is -2.48. The van der Waals surface area contributed by atoms with Gasteiger partial charge in [0.1, 0.15) is 11.8 Å². The molecule has 2 unspecified atom stereocenters. The molecule has 0 heterocycles. The van der Waals surface area contributed by atoms with Crippen LogP contribution in [-0.4, -0.2) is 52.1 Å². The second-order valence-corrected chi connectivity index (χ2v) is 11.3. The molecule has 2 atom stereocenters. The maximum Gasteiger partial charge on any atom is 0.320 e. The Bertz CT molecular complexity index is 807. The van der Waals surface area contributed by atoms with Gasteiger partial charge in [-0.3, -0.25) is 19.2 Å². The van der Waals surface area contributed by atoms with Crippen molar-refractivity contribution in [2.75, 3.05) is 25.0 Å². The summed E-state index contributed by atoms with van der Waals surface area (Å²) in [6, 6.07) is 0. The second kappa shape index (κ2) is 13.1. The van der Waals surface area contributed by atoms with E-state index in [-0.39, 0.29) is 43.4 Å². The molecule has 0 saturated heterocycles. The average molecular weight is 813 g/mol. The molecule has 0 fully saturated rings. The van der Waals surface area contributed by atoms with Crippen molar-refractivity contribution in [1.82, 2.24) is 0 Å². The fourth-order valence-electron chi connectivity index (χ4n) is 3.41. The van der Waals surface area contributed by atoms with E-state index < -0.39 is 32.6 Å². The second-order valence-electron chi connectivity index (χ2n) is 6.57. The number of carbonyl (C=O) groups is 4. The van der Waals surface area contributed by atoms with Gasteiger partial charge in [-0.15, -0.1) is 23.2 Å². The van der Waals surface area contributed by atoms with Gasteiger partial charge in [-0.1, -0.05) is 22.6 Å². The summed E-state index contributed by atoms with van der Waals surface area (Å²) in [5.74, 6) is -2.99. The summed E-state index contributed by atoms with van der Waals surface area (Å²) in [6.45, 7) is 0.0959. The summed E-state index contributed by atoms with van der Waals surface area (Å²) in [5.41, 5.74) is 10.6. The maximum absolute atomic E-state index is 12.9. The van der Waals surface area contributed by atoms with Crippen LogP contribution in [-0.2, 0) is 28.7 Å². The fraction of sp³-hybridized carbons (Fsp3) is 0.556. The van der Waals surface area contributed by atoms with Crippen LogP contribution in [0, 0.1) is 5.41 Å². The summed E-state index contributed by atoms with van der Waals surface area (Å²) in [6.07, 6.45) is 2.84. The van der Waals surface area contributed by atoms with E-state index in [4.69, 9.17) is 44.1 Å². The van der Waals surface area contributed by atoms with E-state index in [1.165, 1.54) is 0 Å². The van der Waals surface area contributed by atoms with E-state index in [1.807, 2.05) is 45.2 Å². The van der Waals surface area contributed by atoms with Crippen LogP contribution < -0.4 is 11.5 Å². The van der Waals surface area contributed by atoms with Crippen LogP contribution in [0.2, 0.25) is 0 Å². The smallest absolute Gasteiger partial charge is 0.320 e. The van der Waals surface area contributed by atoms with Crippen molar-refractivity contribution in [1.29, 1.82) is 0 Å². The monoisotopic (exact) mass is 812 g/mol. The Labute approximate surface area is 231 Å². The first kappa shape index (κ1) is 29.2. The summed E-state index contributed by atoms with van der Waals surface area (Å²) < 4.78 is 10.2. The molecular formula is C18H21Cl2I3N2O6. The van der Waals surface area contributed by atoms with Crippen LogP contribution in [0.5, 0.6) is 0 Å². The molecule has 0 aromatic heterocycles. The minimum Gasteiger partial charge on any atom is -0.465 e. The number of nitrogens with two attached hydrogens (primary N) is 2. The number of rotatable bonds is 12. The lowest BCUT2D eigenvalue weighted by molar-refractivity contribution is -0.142. The molecule has 31 heavy (non-hydrogen) atoms. The Morgan fingerprint density at radius 3 is 1.84 bits per heavy atom. The van der Waals surface area contributed by atoms with Crippen LogP contribution >= 0.6 is 91.0 Å². The van der Waals surface area contributed by atoms with Crippen LogP contribution in [0.15, 0.2) is 18.8 Å². The van der Waals surface area contributed by atoms with E-state index >= 15 is 0 Å². The molecule has 0 aliphatic heterocycles. The van der Waals surface area contributed by atoms with Crippen molar-refractivity contribution < 1.29 is 28.7 Å². The van der Waals surface area contributed by atoms with E-state index in [0.717, 1.165) is 0 Å². The number of hydrogen-bond acceptors (Lipinski definition) is 6. The molecule has 0 spiro atoms. The molecule has 0 aromatic carbocycles. The first-order valence-corrected chi connectivity index (χ1v) is 13.3. The van der Waals surface area contributed by atoms with Gasteiger partial charge >= 0.3 is 11.9 Å². The average Bonchev–Trinajstić information content (AvgIpc) is 2.69. The molecule has 174 valence electrons. The summed E-state index contributed by atoms with van der Waals surface area (Å²) in [7, 11) is 0. The van der Waals surface area contributed by atoms with Crippen LogP contribution in [0.4, 0.5) is 0 Å². The molecule has 0 aromatic rings. The van der Waals surface area contributed by atoms with Crippen molar-refractivity contribution in [3.8, 4) is 0 Å². The Morgan fingerprint density at radius 1 is 0.935 bits per heavy atom. The van der Waals surface area contributed by atoms with Gasteiger partial charge in [-0.2, -0.15) is 0 Å². The molecular weight excluding hydrogens is 792 g/mol. The highest BCUT2D eigenvalue weighted by Gasteiger charge is 2.60. The Morgan fingerprint density at radius 2 is 1.42 bits per heavy atom. The van der Waals surface area contributed by atoms with E-state index in [9.17, 15) is 19.2 Å². The Kier molecular flexibility index (Phi) is 12.4. The molecule has 0 bridgehead atoms. The molecule has 13 heteroatoms. The number of amides is 2. The third kappa shape index (κ3) is 6.82. The van der Waals surface area contributed by atoms with Gasteiger partial charge in [-0.05, 0) is 76.9 Å². The first-order valence-electron chi connectivity index (χ1n) is 8.97. The predicted octanol–water partition coefficient (Wildman–Crippen LogP) is 3.26. The molecule has 0 saturated carbocycles. The van der Waals surface area contributed by atoms with Gasteiger partial charge in [0.25, 0.3) is 0 Å². The van der Waals surface area contributed by atoms with Crippen molar-refractivity contribution in [2.24, 2.45) is 16.9 Å². The Balaban J connectivity index is 3.32. The third-order valence-corrected chi connectivity index (χ3v) is 9.26. The van der Waals surface area contributed by atoms with Crippen molar-refractivity contribution in [3.05, 3.63) is 18.8 Å². The fourth-order valence-corrected chi connectivity index (χ4v) is 9.30. The maximum atomic E-state index is 12.9. The zero-order valence-electron chi connectivity index (χ0n) is 16.2. The summed E-state index contributed by atoms with van der Waals surface area (Å²) in [5, 5.41) is 0. The third-order valence-electron chi connectivity index (χ3n) is 4.75. The van der Waals surface area contributed by atoms with Gasteiger partial charge in [0, 0.05) is 12.7 Å². The van der Waals surface area contributed by atoms with Crippen LogP contribution in [0.3, 0.4) is 0 Å². The molecule has 2 amide bonds. The van der Waals surface area contributed by atoms with E-state index in [1.54, 1.807) is 6.08 Å². The number of halogens is 5. The van der Waals surface area contributed by atoms with Crippen molar-refractivity contribution in [3.63, 3.8) is 0 Å². The topological polar surface area (TPSA) is 139 Å². The quantitative estimate of drug-likeness (QED) is 0.134. The molecule has 1 aliphatic carbocycles. The largest absolute Gasteiger partial charge is 0.465 e. The van der Waals surface area contributed by atoms with E-state index in [2.05, 4.69) is 22.6 Å². The molecule has 1 rings (SSSR count). The van der Waals surface area contributed by atoms with Gasteiger partial charge in [0.2, 0.25) is 11.8 Å². The highest BCUT2D eigenvalue weighted by atomic mass is 127. The number of primary amides is 2. The molecule has 0 radical (unpaired) electrons.